The van der Waals surface area contributed by atoms with Gasteiger partial charge in [0.15, 0.2) is 0 Å². The maximum atomic E-state index is 13.1. The molecule has 0 saturated carbocycles. The van der Waals surface area contributed by atoms with Crippen molar-refractivity contribution in [3.8, 4) is 0 Å². The molecule has 1 fully saturated rings. The Morgan fingerprint density at radius 3 is 2.46 bits per heavy atom. The van der Waals surface area contributed by atoms with Crippen LogP contribution in [0, 0.1) is 11.8 Å². The van der Waals surface area contributed by atoms with E-state index in [9.17, 15) is 19.2 Å². The third kappa shape index (κ3) is 5.19. The number of amides is 3. The predicted octanol–water partition coefficient (Wildman–Crippen LogP) is 5.13. The summed E-state index contributed by atoms with van der Waals surface area (Å²) in [6.45, 7) is 4.43. The molecule has 0 radical (unpaired) electrons. The number of rotatable bonds is 8. The fourth-order valence-electron chi connectivity index (χ4n) is 4.62. The molecular formula is C28H30N2O5. The van der Waals surface area contributed by atoms with Crippen LogP contribution in [0.2, 0.25) is 0 Å². The normalized spacial score (nSPS) is 19.3. The quantitative estimate of drug-likeness (QED) is 0.248. The van der Waals surface area contributed by atoms with E-state index in [1.54, 1.807) is 48.5 Å². The topological polar surface area (TPSA) is 92.8 Å². The van der Waals surface area contributed by atoms with Gasteiger partial charge in [-0.25, -0.2) is 9.69 Å². The SMILES string of the molecule is CCCCCOC(=O)c1ccc(NC(=O)c2ccccc2N2C(=O)[C@H]3CC=C(C)C[C@H]3C2=O)cc1. The molecule has 0 bridgehead atoms. The fourth-order valence-corrected chi connectivity index (χ4v) is 4.62. The Hall–Kier alpha value is -3.74. The summed E-state index contributed by atoms with van der Waals surface area (Å²) in [5.41, 5.74) is 2.52. The highest BCUT2D eigenvalue weighted by Gasteiger charge is 2.49. The number of nitrogens with one attached hydrogen (secondary N) is 1. The summed E-state index contributed by atoms with van der Waals surface area (Å²) in [6.07, 6.45) is 6.00. The number of esters is 1. The van der Waals surface area contributed by atoms with Crippen LogP contribution < -0.4 is 10.2 Å². The molecule has 3 amide bonds. The number of unbranched alkanes of at least 4 members (excludes halogenated alkanes) is 2. The van der Waals surface area contributed by atoms with Crippen molar-refractivity contribution in [2.24, 2.45) is 11.8 Å². The Morgan fingerprint density at radius 1 is 1.00 bits per heavy atom. The number of hydrogen-bond acceptors (Lipinski definition) is 5. The summed E-state index contributed by atoms with van der Waals surface area (Å²) in [4.78, 5) is 52.7. The van der Waals surface area contributed by atoms with Crippen LogP contribution >= 0.6 is 0 Å². The number of hydrogen-bond donors (Lipinski definition) is 1. The molecule has 1 saturated heterocycles. The van der Waals surface area contributed by atoms with Gasteiger partial charge >= 0.3 is 5.97 Å². The highest BCUT2D eigenvalue weighted by molar-refractivity contribution is 6.25. The molecule has 1 aliphatic heterocycles. The molecule has 35 heavy (non-hydrogen) atoms. The minimum Gasteiger partial charge on any atom is -0.462 e. The predicted molar refractivity (Wildman–Crippen MR) is 133 cm³/mol. The zero-order chi connectivity index (χ0) is 24.9. The van der Waals surface area contributed by atoms with E-state index in [0.29, 0.717) is 36.4 Å². The molecule has 2 aromatic rings. The monoisotopic (exact) mass is 474 g/mol. The van der Waals surface area contributed by atoms with Crippen LogP contribution in [0.25, 0.3) is 0 Å². The summed E-state index contributed by atoms with van der Waals surface area (Å²) in [7, 11) is 0. The second-order valence-electron chi connectivity index (χ2n) is 9.11. The summed E-state index contributed by atoms with van der Waals surface area (Å²) < 4.78 is 5.26. The molecule has 2 aromatic carbocycles. The summed E-state index contributed by atoms with van der Waals surface area (Å²) in [5, 5.41) is 2.80. The molecule has 7 heteroatoms. The van der Waals surface area contributed by atoms with Crippen LogP contribution in [0.4, 0.5) is 11.4 Å². The van der Waals surface area contributed by atoms with E-state index < -0.39 is 11.9 Å². The second-order valence-corrected chi connectivity index (χ2v) is 9.11. The first-order chi connectivity index (χ1) is 16.9. The molecule has 182 valence electrons. The van der Waals surface area contributed by atoms with Crippen LogP contribution in [0.15, 0.2) is 60.2 Å². The molecule has 0 spiro atoms. The van der Waals surface area contributed by atoms with E-state index in [-0.39, 0.29) is 29.2 Å². The molecule has 1 aliphatic carbocycles. The lowest BCUT2D eigenvalue weighted by atomic mass is 9.82. The summed E-state index contributed by atoms with van der Waals surface area (Å²) in [6, 6.07) is 13.1. The Kier molecular flexibility index (Phi) is 7.44. The van der Waals surface area contributed by atoms with Gasteiger partial charge in [-0.05, 0) is 62.6 Å². The number of ether oxygens (including phenoxy) is 1. The number of carbonyl (C=O) groups is 4. The van der Waals surface area contributed by atoms with Crippen molar-refractivity contribution in [1.29, 1.82) is 0 Å². The second kappa shape index (κ2) is 10.7. The Morgan fingerprint density at radius 2 is 1.71 bits per heavy atom. The van der Waals surface area contributed by atoms with Gasteiger partial charge in [0.25, 0.3) is 5.91 Å². The first-order valence-electron chi connectivity index (χ1n) is 12.1. The van der Waals surface area contributed by atoms with Crippen LogP contribution in [0.1, 0.15) is 66.7 Å². The first kappa shape index (κ1) is 24.4. The lowest BCUT2D eigenvalue weighted by Crippen LogP contribution is -2.33. The van der Waals surface area contributed by atoms with Gasteiger partial charge in [0.05, 0.1) is 35.3 Å². The molecule has 4 rings (SSSR count). The lowest BCUT2D eigenvalue weighted by molar-refractivity contribution is -0.122. The minimum atomic E-state index is -0.444. The van der Waals surface area contributed by atoms with Crippen molar-refractivity contribution in [1.82, 2.24) is 0 Å². The number of fused-ring (bicyclic) bond motifs is 1. The molecule has 1 N–H and O–H groups in total. The van der Waals surface area contributed by atoms with Crippen LogP contribution in [-0.4, -0.2) is 30.3 Å². The molecule has 2 aliphatic rings. The third-order valence-electron chi connectivity index (χ3n) is 6.57. The lowest BCUT2D eigenvalue weighted by Gasteiger charge is -2.19. The zero-order valence-corrected chi connectivity index (χ0v) is 20.1. The van der Waals surface area contributed by atoms with Gasteiger partial charge in [-0.1, -0.05) is 43.5 Å². The molecule has 2 atom stereocenters. The molecule has 0 aromatic heterocycles. The average molecular weight is 475 g/mol. The summed E-state index contributed by atoms with van der Waals surface area (Å²) >= 11 is 0. The third-order valence-corrected chi connectivity index (χ3v) is 6.57. The van der Waals surface area contributed by atoms with Crippen molar-refractivity contribution in [3.63, 3.8) is 0 Å². The van der Waals surface area contributed by atoms with Gasteiger partial charge in [-0.15, -0.1) is 0 Å². The van der Waals surface area contributed by atoms with Gasteiger partial charge in [0.2, 0.25) is 11.8 Å². The molecule has 1 heterocycles. The molecule has 7 nitrogen and oxygen atoms in total. The number of para-hydroxylation sites is 1. The highest BCUT2D eigenvalue weighted by atomic mass is 16.5. The van der Waals surface area contributed by atoms with E-state index in [1.165, 1.54) is 4.90 Å². The van der Waals surface area contributed by atoms with E-state index in [1.807, 2.05) is 13.0 Å². The van der Waals surface area contributed by atoms with Gasteiger partial charge in [-0.2, -0.15) is 0 Å². The van der Waals surface area contributed by atoms with Crippen LogP contribution in [0.5, 0.6) is 0 Å². The van der Waals surface area contributed by atoms with Crippen molar-refractivity contribution in [2.75, 3.05) is 16.8 Å². The minimum absolute atomic E-state index is 0.233. The Balaban J connectivity index is 1.47. The molecular weight excluding hydrogens is 444 g/mol. The molecule has 0 unspecified atom stereocenters. The van der Waals surface area contributed by atoms with E-state index in [2.05, 4.69) is 12.2 Å². The van der Waals surface area contributed by atoms with Crippen LogP contribution in [-0.2, 0) is 14.3 Å². The van der Waals surface area contributed by atoms with Crippen molar-refractivity contribution in [2.45, 2.75) is 46.0 Å². The number of carbonyl (C=O) groups excluding carboxylic acids is 4. The largest absolute Gasteiger partial charge is 0.462 e. The Bertz CT molecular complexity index is 1170. The summed E-state index contributed by atoms with van der Waals surface area (Å²) in [5.74, 6) is -2.11. The maximum absolute atomic E-state index is 13.1. The van der Waals surface area contributed by atoms with Gasteiger partial charge < -0.3 is 10.1 Å². The van der Waals surface area contributed by atoms with Crippen molar-refractivity contribution >= 4 is 35.1 Å². The first-order valence-corrected chi connectivity index (χ1v) is 12.1. The van der Waals surface area contributed by atoms with Crippen LogP contribution in [0.3, 0.4) is 0 Å². The standard InChI is InChI=1S/C28H30N2O5/c1-3-4-7-16-35-28(34)19-11-13-20(14-12-19)29-25(31)22-8-5-6-9-24(22)30-26(32)21-15-10-18(2)17-23(21)27(30)33/h5-6,8-14,21,23H,3-4,7,15-17H2,1-2H3,(H,29,31)/t21-,23+/m0/s1. The average Bonchev–Trinajstić information content (AvgIpc) is 3.11. The number of anilines is 2. The van der Waals surface area contributed by atoms with E-state index in [0.717, 1.165) is 24.8 Å². The number of imide groups is 1. The number of allylic oxidation sites excluding steroid dienone is 2. The smallest absolute Gasteiger partial charge is 0.338 e. The number of nitrogens with zero attached hydrogens (tertiary/aromatic N) is 1. The highest BCUT2D eigenvalue weighted by Crippen LogP contribution is 2.40. The van der Waals surface area contributed by atoms with E-state index >= 15 is 0 Å². The fraction of sp³-hybridized carbons (Fsp3) is 0.357. The van der Waals surface area contributed by atoms with Gasteiger partial charge in [-0.3, -0.25) is 14.4 Å². The van der Waals surface area contributed by atoms with Crippen molar-refractivity contribution in [3.05, 3.63) is 71.3 Å². The van der Waals surface area contributed by atoms with Gasteiger partial charge in [0.1, 0.15) is 0 Å². The Labute approximate surface area is 205 Å². The zero-order valence-electron chi connectivity index (χ0n) is 20.1. The van der Waals surface area contributed by atoms with Gasteiger partial charge in [0, 0.05) is 5.69 Å². The maximum Gasteiger partial charge on any atom is 0.338 e. The number of benzene rings is 2. The van der Waals surface area contributed by atoms with Crippen molar-refractivity contribution < 1.29 is 23.9 Å². The van der Waals surface area contributed by atoms with E-state index in [4.69, 9.17) is 4.74 Å².